The van der Waals surface area contributed by atoms with Gasteiger partial charge in [-0.3, -0.25) is 0 Å². The first-order valence-corrected chi connectivity index (χ1v) is 8.20. The van der Waals surface area contributed by atoms with Crippen molar-refractivity contribution in [3.05, 3.63) is 29.6 Å². The minimum Gasteiger partial charge on any atom is -0.365 e. The van der Waals surface area contributed by atoms with Gasteiger partial charge in [0.15, 0.2) is 0 Å². The second-order valence-corrected chi connectivity index (χ2v) is 6.80. The van der Waals surface area contributed by atoms with Crippen LogP contribution < -0.4 is 10.2 Å². The maximum Gasteiger partial charge on any atom is 0.128 e. The van der Waals surface area contributed by atoms with E-state index in [1.54, 1.807) is 6.07 Å². The van der Waals surface area contributed by atoms with Crippen LogP contribution in [0.2, 0.25) is 0 Å². The van der Waals surface area contributed by atoms with E-state index in [9.17, 15) is 4.39 Å². The van der Waals surface area contributed by atoms with Gasteiger partial charge in [0, 0.05) is 30.9 Å². The molecule has 1 heterocycles. The number of halogens is 1. The van der Waals surface area contributed by atoms with Gasteiger partial charge in [0.05, 0.1) is 0 Å². The van der Waals surface area contributed by atoms with Crippen LogP contribution in [0.25, 0.3) is 0 Å². The van der Waals surface area contributed by atoms with Crippen LogP contribution >= 0.6 is 0 Å². The largest absolute Gasteiger partial charge is 0.365 e. The molecule has 118 valence electrons. The molecule has 2 nitrogen and oxygen atoms in total. The predicted octanol–water partition coefficient (Wildman–Crippen LogP) is 3.98. The Kier molecular flexibility index (Phi) is 5.26. The molecule has 0 aliphatic carbocycles. The Balaban J connectivity index is 2.26. The van der Waals surface area contributed by atoms with Gasteiger partial charge in [-0.25, -0.2) is 4.39 Å². The zero-order chi connectivity index (χ0) is 15.6. The van der Waals surface area contributed by atoms with Crippen LogP contribution in [0.5, 0.6) is 0 Å². The minimum atomic E-state index is -0.103. The lowest BCUT2D eigenvalue weighted by molar-refractivity contribution is 0.281. The van der Waals surface area contributed by atoms with E-state index in [0.717, 1.165) is 18.8 Å². The summed E-state index contributed by atoms with van der Waals surface area (Å²) in [6.07, 6.45) is 1.17. The van der Waals surface area contributed by atoms with Crippen LogP contribution in [0.15, 0.2) is 18.2 Å². The molecule has 0 saturated carbocycles. The van der Waals surface area contributed by atoms with Gasteiger partial charge in [-0.2, -0.15) is 0 Å². The summed E-state index contributed by atoms with van der Waals surface area (Å²) in [5, 5.41) is 3.69. The van der Waals surface area contributed by atoms with Crippen molar-refractivity contribution in [3.63, 3.8) is 0 Å². The Labute approximate surface area is 128 Å². The van der Waals surface area contributed by atoms with E-state index in [4.69, 9.17) is 0 Å². The Morgan fingerprint density at radius 2 is 2.05 bits per heavy atom. The fourth-order valence-electron chi connectivity index (χ4n) is 3.11. The van der Waals surface area contributed by atoms with Gasteiger partial charge < -0.3 is 10.2 Å². The highest BCUT2D eigenvalue weighted by Crippen LogP contribution is 2.27. The van der Waals surface area contributed by atoms with Crippen molar-refractivity contribution in [1.82, 2.24) is 5.32 Å². The van der Waals surface area contributed by atoms with E-state index in [-0.39, 0.29) is 5.82 Å². The van der Waals surface area contributed by atoms with Crippen LogP contribution in [0.1, 0.15) is 39.7 Å². The number of rotatable bonds is 4. The highest BCUT2D eigenvalue weighted by Gasteiger charge is 2.32. The third-order valence-electron chi connectivity index (χ3n) is 4.97. The van der Waals surface area contributed by atoms with Gasteiger partial charge in [0.1, 0.15) is 5.82 Å². The molecule has 3 heteroatoms. The van der Waals surface area contributed by atoms with Crippen LogP contribution in [-0.4, -0.2) is 25.2 Å². The summed E-state index contributed by atoms with van der Waals surface area (Å²) in [6, 6.07) is 6.56. The van der Waals surface area contributed by atoms with E-state index in [1.807, 2.05) is 13.0 Å². The lowest BCUT2D eigenvalue weighted by atomic mass is 9.91. The van der Waals surface area contributed by atoms with Crippen molar-refractivity contribution in [2.45, 2.75) is 53.1 Å². The van der Waals surface area contributed by atoms with Crippen molar-refractivity contribution in [2.75, 3.05) is 18.0 Å². The van der Waals surface area contributed by atoms with Gasteiger partial charge >= 0.3 is 0 Å². The molecule has 1 saturated heterocycles. The van der Waals surface area contributed by atoms with Crippen molar-refractivity contribution < 1.29 is 4.39 Å². The summed E-state index contributed by atoms with van der Waals surface area (Å²) in [5.74, 6) is 1.07. The number of anilines is 1. The van der Waals surface area contributed by atoms with Gasteiger partial charge in [-0.15, -0.1) is 0 Å². The second-order valence-electron chi connectivity index (χ2n) is 6.80. The normalized spacial score (nSPS) is 24.4. The monoisotopic (exact) mass is 292 g/mol. The SMILES string of the molecule is CCC(C)C1CN(c2ccc(C)c(F)c2)C(C(C)C)CN1. The summed E-state index contributed by atoms with van der Waals surface area (Å²) < 4.78 is 13.9. The molecule has 1 fully saturated rings. The Morgan fingerprint density at radius 3 is 2.62 bits per heavy atom. The van der Waals surface area contributed by atoms with E-state index in [2.05, 4.69) is 44.0 Å². The standard InChI is InChI=1S/C18H29FN2/c1-6-13(4)17-11-21(18(10-20-17)12(2)3)15-8-7-14(5)16(19)9-15/h7-9,12-13,17-18,20H,6,10-11H2,1-5H3. The van der Waals surface area contributed by atoms with Crippen molar-refractivity contribution >= 4 is 5.69 Å². The average Bonchev–Trinajstić information content (AvgIpc) is 2.48. The van der Waals surface area contributed by atoms with Crippen molar-refractivity contribution in [1.29, 1.82) is 0 Å². The number of hydrogen-bond acceptors (Lipinski definition) is 2. The number of nitrogens with zero attached hydrogens (tertiary/aromatic N) is 1. The van der Waals surface area contributed by atoms with E-state index in [1.165, 1.54) is 6.42 Å². The summed E-state index contributed by atoms with van der Waals surface area (Å²) in [6.45, 7) is 12.8. The molecule has 1 aromatic carbocycles. The third-order valence-corrected chi connectivity index (χ3v) is 4.97. The first kappa shape index (κ1) is 16.3. The molecular weight excluding hydrogens is 263 g/mol. The number of piperazine rings is 1. The number of benzene rings is 1. The van der Waals surface area contributed by atoms with Crippen LogP contribution in [-0.2, 0) is 0 Å². The molecule has 1 aliphatic heterocycles. The molecule has 1 aromatic rings. The van der Waals surface area contributed by atoms with Crippen molar-refractivity contribution in [3.8, 4) is 0 Å². The van der Waals surface area contributed by atoms with Crippen LogP contribution in [0.3, 0.4) is 0 Å². The number of hydrogen-bond donors (Lipinski definition) is 1. The molecule has 3 unspecified atom stereocenters. The van der Waals surface area contributed by atoms with Gasteiger partial charge in [0.25, 0.3) is 0 Å². The fourth-order valence-corrected chi connectivity index (χ4v) is 3.11. The van der Waals surface area contributed by atoms with Gasteiger partial charge in [-0.1, -0.05) is 40.2 Å². The molecule has 1 N–H and O–H groups in total. The van der Waals surface area contributed by atoms with Crippen LogP contribution in [0, 0.1) is 24.6 Å². The Bertz CT molecular complexity index is 472. The first-order chi connectivity index (χ1) is 9.93. The molecule has 21 heavy (non-hydrogen) atoms. The third kappa shape index (κ3) is 3.57. The summed E-state index contributed by atoms with van der Waals surface area (Å²) in [7, 11) is 0. The van der Waals surface area contributed by atoms with E-state index < -0.39 is 0 Å². The lowest BCUT2D eigenvalue weighted by Gasteiger charge is -2.45. The lowest BCUT2D eigenvalue weighted by Crippen LogP contribution is -2.60. The van der Waals surface area contributed by atoms with Gasteiger partial charge in [-0.05, 0) is 36.5 Å². The molecule has 0 bridgehead atoms. The smallest absolute Gasteiger partial charge is 0.128 e. The molecule has 1 aliphatic rings. The average molecular weight is 292 g/mol. The highest BCUT2D eigenvalue weighted by atomic mass is 19.1. The van der Waals surface area contributed by atoms with E-state index in [0.29, 0.717) is 29.5 Å². The highest BCUT2D eigenvalue weighted by molar-refractivity contribution is 5.50. The number of nitrogens with one attached hydrogen (secondary N) is 1. The van der Waals surface area contributed by atoms with Gasteiger partial charge in [0.2, 0.25) is 0 Å². The quantitative estimate of drug-likeness (QED) is 0.903. The van der Waals surface area contributed by atoms with Crippen LogP contribution in [0.4, 0.5) is 10.1 Å². The minimum absolute atomic E-state index is 0.103. The van der Waals surface area contributed by atoms with Crippen molar-refractivity contribution in [2.24, 2.45) is 11.8 Å². The zero-order valence-corrected chi connectivity index (χ0v) is 14.0. The Hall–Kier alpha value is -1.09. The molecule has 0 spiro atoms. The summed E-state index contributed by atoms with van der Waals surface area (Å²) >= 11 is 0. The zero-order valence-electron chi connectivity index (χ0n) is 14.0. The maximum atomic E-state index is 13.9. The molecule has 3 atom stereocenters. The molecule has 0 radical (unpaired) electrons. The number of aryl methyl sites for hydroxylation is 1. The fraction of sp³-hybridized carbons (Fsp3) is 0.667. The Morgan fingerprint density at radius 1 is 1.33 bits per heavy atom. The summed E-state index contributed by atoms with van der Waals surface area (Å²) in [5.41, 5.74) is 1.74. The second kappa shape index (κ2) is 6.78. The molecular formula is C18H29FN2. The topological polar surface area (TPSA) is 15.3 Å². The van der Waals surface area contributed by atoms with E-state index >= 15 is 0 Å². The molecule has 0 amide bonds. The maximum absolute atomic E-state index is 13.9. The molecule has 2 rings (SSSR count). The predicted molar refractivity (Wildman–Crippen MR) is 88.4 cm³/mol. The summed E-state index contributed by atoms with van der Waals surface area (Å²) in [4.78, 5) is 2.40. The molecule has 0 aromatic heterocycles. The first-order valence-electron chi connectivity index (χ1n) is 8.20.